The van der Waals surface area contributed by atoms with E-state index in [9.17, 15) is 27.7 Å². The van der Waals surface area contributed by atoms with Crippen molar-refractivity contribution >= 4 is 44.6 Å². The molecule has 0 aliphatic heterocycles. The molecule has 27 heavy (non-hydrogen) atoms. The molecule has 0 saturated carbocycles. The SMILES string of the molecule is C[C@@H](C(=O)Nc1cc([N+](=O)[O-])ccc1Cl)N(c1ccc(F)cc1)S(C)(=O)=O. The fourth-order valence-electron chi connectivity index (χ4n) is 2.36. The molecule has 2 rings (SSSR count). The number of halogens is 2. The Kier molecular flexibility index (Phi) is 6.01. The van der Waals surface area contributed by atoms with Crippen LogP contribution in [0.3, 0.4) is 0 Å². The maximum Gasteiger partial charge on any atom is 0.271 e. The Balaban J connectivity index is 2.34. The van der Waals surface area contributed by atoms with Crippen LogP contribution >= 0.6 is 11.6 Å². The summed E-state index contributed by atoms with van der Waals surface area (Å²) in [6.07, 6.45) is 0.903. The number of anilines is 2. The molecule has 0 bridgehead atoms. The number of benzene rings is 2. The lowest BCUT2D eigenvalue weighted by Crippen LogP contribution is -2.45. The first-order valence-corrected chi connectivity index (χ1v) is 9.73. The van der Waals surface area contributed by atoms with Gasteiger partial charge in [0.25, 0.3) is 5.69 Å². The van der Waals surface area contributed by atoms with Crippen LogP contribution < -0.4 is 9.62 Å². The van der Waals surface area contributed by atoms with Gasteiger partial charge in [-0.15, -0.1) is 0 Å². The topological polar surface area (TPSA) is 110 Å². The summed E-state index contributed by atoms with van der Waals surface area (Å²) in [5.41, 5.74) is -0.234. The fraction of sp³-hybridized carbons (Fsp3) is 0.188. The van der Waals surface area contributed by atoms with E-state index >= 15 is 0 Å². The molecule has 0 fully saturated rings. The van der Waals surface area contributed by atoms with Gasteiger partial charge in [0, 0.05) is 12.1 Å². The molecular formula is C16H15ClFN3O5S. The van der Waals surface area contributed by atoms with E-state index in [1.54, 1.807) is 0 Å². The number of nitro groups is 1. The van der Waals surface area contributed by atoms with Crippen LogP contribution in [0, 0.1) is 15.9 Å². The number of rotatable bonds is 6. The lowest BCUT2D eigenvalue weighted by molar-refractivity contribution is -0.384. The Bertz CT molecular complexity index is 982. The van der Waals surface area contributed by atoms with Gasteiger partial charge in [0.2, 0.25) is 15.9 Å². The monoisotopic (exact) mass is 415 g/mol. The molecule has 0 aliphatic carbocycles. The minimum Gasteiger partial charge on any atom is -0.323 e. The molecule has 0 spiro atoms. The number of sulfonamides is 1. The van der Waals surface area contributed by atoms with Gasteiger partial charge in [-0.2, -0.15) is 0 Å². The number of nitrogens with zero attached hydrogens (tertiary/aromatic N) is 2. The van der Waals surface area contributed by atoms with E-state index in [4.69, 9.17) is 11.6 Å². The summed E-state index contributed by atoms with van der Waals surface area (Å²) in [7, 11) is -3.89. The van der Waals surface area contributed by atoms with Crippen LogP contribution in [0.4, 0.5) is 21.5 Å². The van der Waals surface area contributed by atoms with Gasteiger partial charge in [0.15, 0.2) is 0 Å². The molecule has 0 saturated heterocycles. The highest BCUT2D eigenvalue weighted by Crippen LogP contribution is 2.28. The molecule has 0 aromatic heterocycles. The molecule has 0 aliphatic rings. The molecule has 1 atom stereocenters. The van der Waals surface area contributed by atoms with Crippen LogP contribution in [0.1, 0.15) is 6.92 Å². The third-order valence-corrected chi connectivity index (χ3v) is 5.16. The average Bonchev–Trinajstić information content (AvgIpc) is 2.57. The third-order valence-electron chi connectivity index (χ3n) is 3.59. The van der Waals surface area contributed by atoms with Crippen LogP contribution in [-0.4, -0.2) is 31.5 Å². The number of non-ortho nitro benzene ring substituents is 1. The van der Waals surface area contributed by atoms with Crippen molar-refractivity contribution in [2.24, 2.45) is 0 Å². The van der Waals surface area contributed by atoms with Gasteiger partial charge < -0.3 is 5.32 Å². The van der Waals surface area contributed by atoms with Gasteiger partial charge in [-0.1, -0.05) is 11.6 Å². The number of amides is 1. The number of nitro benzene ring substituents is 1. The maximum atomic E-state index is 13.1. The normalized spacial score (nSPS) is 12.3. The highest BCUT2D eigenvalue weighted by Gasteiger charge is 2.29. The highest BCUT2D eigenvalue weighted by atomic mass is 35.5. The van der Waals surface area contributed by atoms with E-state index in [-0.39, 0.29) is 22.1 Å². The van der Waals surface area contributed by atoms with E-state index in [2.05, 4.69) is 5.32 Å². The van der Waals surface area contributed by atoms with Gasteiger partial charge in [-0.05, 0) is 37.3 Å². The molecule has 0 heterocycles. The molecule has 0 radical (unpaired) electrons. The maximum absolute atomic E-state index is 13.1. The van der Waals surface area contributed by atoms with E-state index in [0.29, 0.717) is 0 Å². The lowest BCUT2D eigenvalue weighted by Gasteiger charge is -2.28. The summed E-state index contributed by atoms with van der Waals surface area (Å²) in [5, 5.41) is 13.3. The number of nitrogens with one attached hydrogen (secondary N) is 1. The van der Waals surface area contributed by atoms with Crippen molar-refractivity contribution in [2.45, 2.75) is 13.0 Å². The van der Waals surface area contributed by atoms with Crippen molar-refractivity contribution in [3.8, 4) is 0 Å². The summed E-state index contributed by atoms with van der Waals surface area (Å²) in [5.74, 6) is -1.33. The van der Waals surface area contributed by atoms with Crippen LogP contribution in [0.25, 0.3) is 0 Å². The van der Waals surface area contributed by atoms with Gasteiger partial charge in [-0.3, -0.25) is 19.2 Å². The van der Waals surface area contributed by atoms with Crippen LogP contribution in [0.2, 0.25) is 5.02 Å². The Morgan fingerprint density at radius 3 is 2.37 bits per heavy atom. The van der Waals surface area contributed by atoms with Gasteiger partial charge >= 0.3 is 0 Å². The van der Waals surface area contributed by atoms with Crippen LogP contribution in [-0.2, 0) is 14.8 Å². The third kappa shape index (κ3) is 4.92. The average molecular weight is 416 g/mol. The molecule has 11 heteroatoms. The minimum absolute atomic E-state index is 0.0322. The molecule has 144 valence electrons. The van der Waals surface area contributed by atoms with Crippen molar-refractivity contribution in [3.63, 3.8) is 0 Å². The van der Waals surface area contributed by atoms with Crippen molar-refractivity contribution in [3.05, 3.63) is 63.4 Å². The first kappa shape index (κ1) is 20.6. The molecular weight excluding hydrogens is 401 g/mol. The van der Waals surface area contributed by atoms with Gasteiger partial charge in [0.1, 0.15) is 11.9 Å². The zero-order valence-electron chi connectivity index (χ0n) is 14.2. The molecule has 2 aromatic rings. The Morgan fingerprint density at radius 1 is 1.26 bits per heavy atom. The largest absolute Gasteiger partial charge is 0.323 e. The van der Waals surface area contributed by atoms with Crippen molar-refractivity contribution < 1.29 is 22.5 Å². The second-order valence-electron chi connectivity index (χ2n) is 5.62. The van der Waals surface area contributed by atoms with E-state index < -0.39 is 32.7 Å². The van der Waals surface area contributed by atoms with E-state index in [0.717, 1.165) is 28.8 Å². The molecule has 1 amide bonds. The smallest absolute Gasteiger partial charge is 0.271 e. The lowest BCUT2D eigenvalue weighted by atomic mass is 10.2. The summed E-state index contributed by atoms with van der Waals surface area (Å²) < 4.78 is 38.3. The summed E-state index contributed by atoms with van der Waals surface area (Å²) in [6.45, 7) is 1.32. The van der Waals surface area contributed by atoms with E-state index in [1.807, 2.05) is 0 Å². The second-order valence-corrected chi connectivity index (χ2v) is 7.89. The molecule has 2 aromatic carbocycles. The first-order chi connectivity index (χ1) is 12.5. The Labute approximate surface area is 159 Å². The molecule has 1 N–H and O–H groups in total. The van der Waals surface area contributed by atoms with Crippen molar-refractivity contribution in [1.29, 1.82) is 0 Å². The zero-order valence-corrected chi connectivity index (χ0v) is 15.8. The first-order valence-electron chi connectivity index (χ1n) is 7.50. The van der Waals surface area contributed by atoms with Gasteiger partial charge in [0.05, 0.1) is 27.6 Å². The van der Waals surface area contributed by atoms with Crippen LogP contribution in [0.15, 0.2) is 42.5 Å². The highest BCUT2D eigenvalue weighted by molar-refractivity contribution is 7.92. The number of carbonyl (C=O) groups is 1. The predicted molar refractivity (Wildman–Crippen MR) is 99.9 cm³/mol. The van der Waals surface area contributed by atoms with E-state index in [1.165, 1.54) is 31.2 Å². The molecule has 0 unspecified atom stereocenters. The van der Waals surface area contributed by atoms with Gasteiger partial charge in [-0.25, -0.2) is 12.8 Å². The number of hydrogen-bond acceptors (Lipinski definition) is 5. The second kappa shape index (κ2) is 7.89. The fourth-order valence-corrected chi connectivity index (χ4v) is 3.70. The standard InChI is InChI=1S/C16H15ClFN3O5S/c1-10(20(27(2,25)26)12-5-3-11(18)4-6-12)16(22)19-15-9-13(21(23)24)7-8-14(15)17/h3-10H,1-2H3,(H,19,22)/t10-/m0/s1. The molecule has 8 nitrogen and oxygen atoms in total. The summed E-state index contributed by atoms with van der Waals surface area (Å²) in [4.78, 5) is 22.8. The summed E-state index contributed by atoms with van der Waals surface area (Å²) >= 11 is 5.94. The van der Waals surface area contributed by atoms with Crippen LogP contribution in [0.5, 0.6) is 0 Å². The zero-order chi connectivity index (χ0) is 20.4. The Hall–Kier alpha value is -2.72. The quantitative estimate of drug-likeness (QED) is 0.575. The number of hydrogen-bond donors (Lipinski definition) is 1. The minimum atomic E-state index is -3.89. The van der Waals surface area contributed by atoms with Crippen molar-refractivity contribution in [1.82, 2.24) is 0 Å². The van der Waals surface area contributed by atoms with Crippen molar-refractivity contribution in [2.75, 3.05) is 15.9 Å². The number of carbonyl (C=O) groups excluding carboxylic acids is 1. The predicted octanol–water partition coefficient (Wildman–Crippen LogP) is 3.18. The Morgan fingerprint density at radius 2 is 1.85 bits per heavy atom. The summed E-state index contributed by atoms with van der Waals surface area (Å²) in [6, 6.07) is 6.82.